The van der Waals surface area contributed by atoms with Gasteiger partial charge in [-0.2, -0.15) is 0 Å². The molecule has 0 fully saturated rings. The van der Waals surface area contributed by atoms with Gasteiger partial charge < -0.3 is 15.2 Å². The molecule has 0 bridgehead atoms. The molecule has 1 aromatic carbocycles. The van der Waals surface area contributed by atoms with Crippen molar-refractivity contribution in [1.82, 2.24) is 5.32 Å². The minimum atomic E-state index is 0.0716. The summed E-state index contributed by atoms with van der Waals surface area (Å²) in [5.74, 6) is 0. The first-order valence-electron chi connectivity index (χ1n) is 5.88. The fourth-order valence-electron chi connectivity index (χ4n) is 1.69. The van der Waals surface area contributed by atoms with Gasteiger partial charge >= 0.3 is 0 Å². The summed E-state index contributed by atoms with van der Waals surface area (Å²) in [4.78, 5) is 1.15. The summed E-state index contributed by atoms with van der Waals surface area (Å²) in [5, 5.41) is 13.8. The Morgan fingerprint density at radius 3 is 2.89 bits per heavy atom. The Labute approximate surface area is 115 Å². The molecule has 3 nitrogen and oxygen atoms in total. The monoisotopic (exact) mass is 285 g/mol. The lowest BCUT2D eigenvalue weighted by Crippen LogP contribution is -2.19. The maximum atomic E-state index is 8.56. The minimum absolute atomic E-state index is 0.0716. The molecule has 18 heavy (non-hydrogen) atoms. The van der Waals surface area contributed by atoms with Crippen molar-refractivity contribution >= 4 is 33.0 Å². The van der Waals surface area contributed by atoms with Crippen LogP contribution in [0.25, 0.3) is 10.1 Å². The zero-order chi connectivity index (χ0) is 12.8. The highest BCUT2D eigenvalue weighted by Crippen LogP contribution is 2.34. The van der Waals surface area contributed by atoms with Crippen LogP contribution in [0.3, 0.4) is 0 Å². The average Bonchev–Trinajstić information content (AvgIpc) is 2.71. The quantitative estimate of drug-likeness (QED) is 0.769. The van der Waals surface area contributed by atoms with Gasteiger partial charge in [-0.15, -0.1) is 11.3 Å². The highest BCUT2D eigenvalue weighted by atomic mass is 35.5. The van der Waals surface area contributed by atoms with Crippen LogP contribution < -0.4 is 5.32 Å². The topological polar surface area (TPSA) is 41.5 Å². The molecule has 0 saturated heterocycles. The van der Waals surface area contributed by atoms with E-state index in [0.29, 0.717) is 13.2 Å². The van der Waals surface area contributed by atoms with E-state index in [-0.39, 0.29) is 6.61 Å². The highest BCUT2D eigenvalue weighted by Gasteiger charge is 2.08. The van der Waals surface area contributed by atoms with Gasteiger partial charge in [-0.1, -0.05) is 29.8 Å². The number of ether oxygens (including phenoxy) is 1. The molecular formula is C13H16ClNO2S. The Balaban J connectivity index is 1.86. The van der Waals surface area contributed by atoms with Gasteiger partial charge in [-0.05, 0) is 6.07 Å². The number of benzene rings is 1. The molecule has 0 aliphatic carbocycles. The van der Waals surface area contributed by atoms with Crippen molar-refractivity contribution in [2.75, 3.05) is 26.4 Å². The molecule has 0 amide bonds. The zero-order valence-corrected chi connectivity index (χ0v) is 11.6. The predicted molar refractivity (Wildman–Crippen MR) is 76.4 cm³/mol. The van der Waals surface area contributed by atoms with Crippen LogP contribution >= 0.6 is 22.9 Å². The standard InChI is InChI=1S/C13H16ClNO2S/c14-13-10-3-1-2-4-11(10)18-12(13)9-15-5-7-17-8-6-16/h1-4,15-16H,5-9H2. The van der Waals surface area contributed by atoms with Crippen LogP contribution in [0.4, 0.5) is 0 Å². The van der Waals surface area contributed by atoms with E-state index in [0.717, 1.165) is 28.4 Å². The van der Waals surface area contributed by atoms with E-state index in [1.54, 1.807) is 11.3 Å². The number of rotatable bonds is 7. The van der Waals surface area contributed by atoms with E-state index in [4.69, 9.17) is 21.4 Å². The van der Waals surface area contributed by atoms with Gasteiger partial charge in [0.15, 0.2) is 0 Å². The van der Waals surface area contributed by atoms with Crippen molar-refractivity contribution in [3.8, 4) is 0 Å². The number of hydrogen-bond donors (Lipinski definition) is 2. The SMILES string of the molecule is OCCOCCNCc1sc2ccccc2c1Cl. The molecule has 1 aromatic heterocycles. The summed E-state index contributed by atoms with van der Waals surface area (Å²) < 4.78 is 6.39. The van der Waals surface area contributed by atoms with E-state index in [9.17, 15) is 0 Å². The van der Waals surface area contributed by atoms with Crippen LogP contribution in [-0.4, -0.2) is 31.5 Å². The van der Waals surface area contributed by atoms with Crippen molar-refractivity contribution < 1.29 is 9.84 Å². The molecule has 2 rings (SSSR count). The van der Waals surface area contributed by atoms with Crippen LogP contribution in [0.5, 0.6) is 0 Å². The van der Waals surface area contributed by atoms with Crippen molar-refractivity contribution in [2.45, 2.75) is 6.54 Å². The van der Waals surface area contributed by atoms with Gasteiger partial charge in [0.2, 0.25) is 0 Å². The highest BCUT2D eigenvalue weighted by molar-refractivity contribution is 7.19. The fourth-order valence-corrected chi connectivity index (χ4v) is 3.16. The van der Waals surface area contributed by atoms with Crippen LogP contribution in [0.1, 0.15) is 4.88 Å². The molecule has 5 heteroatoms. The molecule has 0 unspecified atom stereocenters. The van der Waals surface area contributed by atoms with E-state index >= 15 is 0 Å². The first-order chi connectivity index (χ1) is 8.83. The van der Waals surface area contributed by atoms with Crippen LogP contribution in [0, 0.1) is 0 Å². The van der Waals surface area contributed by atoms with Crippen molar-refractivity contribution in [2.24, 2.45) is 0 Å². The Morgan fingerprint density at radius 1 is 1.28 bits per heavy atom. The van der Waals surface area contributed by atoms with Gasteiger partial charge in [0, 0.05) is 28.1 Å². The fraction of sp³-hybridized carbons (Fsp3) is 0.385. The van der Waals surface area contributed by atoms with Crippen molar-refractivity contribution in [3.05, 3.63) is 34.2 Å². The number of fused-ring (bicyclic) bond motifs is 1. The van der Waals surface area contributed by atoms with Gasteiger partial charge in [0.1, 0.15) is 0 Å². The Kier molecular flexibility index (Phi) is 5.41. The number of hydrogen-bond acceptors (Lipinski definition) is 4. The minimum Gasteiger partial charge on any atom is -0.394 e. The summed E-state index contributed by atoms with van der Waals surface area (Å²) in [6, 6.07) is 8.15. The molecule has 0 radical (unpaired) electrons. The van der Waals surface area contributed by atoms with E-state index in [1.165, 1.54) is 4.70 Å². The largest absolute Gasteiger partial charge is 0.394 e. The smallest absolute Gasteiger partial charge is 0.0698 e. The van der Waals surface area contributed by atoms with Gasteiger partial charge in [0.25, 0.3) is 0 Å². The summed E-state index contributed by atoms with van der Waals surface area (Å²) in [7, 11) is 0. The number of aliphatic hydroxyl groups excluding tert-OH is 1. The third-order valence-corrected chi connectivity index (χ3v) is 4.26. The second-order valence-corrected chi connectivity index (χ2v) is 5.36. The second kappa shape index (κ2) is 7.07. The summed E-state index contributed by atoms with van der Waals surface area (Å²) in [5.41, 5.74) is 0. The lowest BCUT2D eigenvalue weighted by molar-refractivity contribution is 0.0938. The van der Waals surface area contributed by atoms with Gasteiger partial charge in [-0.3, -0.25) is 0 Å². The van der Waals surface area contributed by atoms with Crippen molar-refractivity contribution in [3.63, 3.8) is 0 Å². The molecule has 98 valence electrons. The Bertz CT molecular complexity index is 501. The number of halogens is 1. The first kappa shape index (κ1) is 13.8. The normalized spacial score (nSPS) is 11.2. The third kappa shape index (κ3) is 3.43. The zero-order valence-electron chi connectivity index (χ0n) is 9.99. The molecule has 0 aliphatic rings. The molecule has 2 N–H and O–H groups in total. The van der Waals surface area contributed by atoms with Crippen LogP contribution in [0.2, 0.25) is 5.02 Å². The predicted octanol–water partition coefficient (Wildman–Crippen LogP) is 2.65. The number of thiophene rings is 1. The number of aliphatic hydroxyl groups is 1. The Hall–Kier alpha value is -0.650. The van der Waals surface area contributed by atoms with Crippen molar-refractivity contribution in [1.29, 1.82) is 0 Å². The van der Waals surface area contributed by atoms with Gasteiger partial charge in [0.05, 0.1) is 24.8 Å². The first-order valence-corrected chi connectivity index (χ1v) is 7.07. The molecule has 0 spiro atoms. The molecule has 1 heterocycles. The van der Waals surface area contributed by atoms with Crippen LogP contribution in [-0.2, 0) is 11.3 Å². The molecule has 0 atom stereocenters. The molecule has 0 saturated carbocycles. The molecule has 2 aromatic rings. The van der Waals surface area contributed by atoms with Crippen LogP contribution in [0.15, 0.2) is 24.3 Å². The molecule has 0 aliphatic heterocycles. The van der Waals surface area contributed by atoms with E-state index in [2.05, 4.69) is 11.4 Å². The van der Waals surface area contributed by atoms with E-state index in [1.807, 2.05) is 18.2 Å². The summed E-state index contributed by atoms with van der Waals surface area (Å²) >= 11 is 8.04. The maximum Gasteiger partial charge on any atom is 0.0698 e. The van der Waals surface area contributed by atoms with E-state index < -0.39 is 0 Å². The average molecular weight is 286 g/mol. The molecular weight excluding hydrogens is 270 g/mol. The van der Waals surface area contributed by atoms with Gasteiger partial charge in [-0.25, -0.2) is 0 Å². The number of nitrogens with one attached hydrogen (secondary N) is 1. The second-order valence-electron chi connectivity index (χ2n) is 3.85. The Morgan fingerprint density at radius 2 is 2.11 bits per heavy atom. The lowest BCUT2D eigenvalue weighted by Gasteiger charge is -2.04. The third-order valence-electron chi connectivity index (χ3n) is 2.55. The summed E-state index contributed by atoms with van der Waals surface area (Å²) in [6.07, 6.45) is 0. The lowest BCUT2D eigenvalue weighted by atomic mass is 10.2. The maximum absolute atomic E-state index is 8.56. The summed E-state index contributed by atoms with van der Waals surface area (Å²) in [6.45, 7) is 2.57.